The van der Waals surface area contributed by atoms with Crippen LogP contribution in [0, 0.1) is 13.8 Å². The van der Waals surface area contributed by atoms with Gasteiger partial charge in [0.2, 0.25) is 0 Å². The molecule has 1 aliphatic rings. The van der Waals surface area contributed by atoms with Crippen LogP contribution in [0.1, 0.15) is 23.1 Å². The van der Waals surface area contributed by atoms with Gasteiger partial charge in [-0.1, -0.05) is 47.1 Å². The summed E-state index contributed by atoms with van der Waals surface area (Å²) < 4.78 is 0. The maximum absolute atomic E-state index is 6.07. The third kappa shape index (κ3) is 3.57. The van der Waals surface area contributed by atoms with E-state index in [-0.39, 0.29) is 0 Å². The predicted octanol–water partition coefficient (Wildman–Crippen LogP) is 5.48. The van der Waals surface area contributed by atoms with Gasteiger partial charge in [-0.15, -0.1) is 0 Å². The third-order valence-electron chi connectivity index (χ3n) is 3.90. The molecule has 0 bridgehead atoms. The van der Waals surface area contributed by atoms with Gasteiger partial charge in [0.25, 0.3) is 0 Å². The minimum Gasteiger partial charge on any atom is -0.313 e. The topological polar surface area (TPSA) is 12.0 Å². The summed E-state index contributed by atoms with van der Waals surface area (Å²) in [7, 11) is 0. The van der Waals surface area contributed by atoms with Crippen molar-refractivity contribution >= 4 is 28.9 Å². The van der Waals surface area contributed by atoms with Crippen LogP contribution in [0.5, 0.6) is 0 Å². The molecule has 0 fully saturated rings. The van der Waals surface area contributed by atoms with Crippen molar-refractivity contribution in [2.45, 2.75) is 30.1 Å². The highest BCUT2D eigenvalue weighted by Gasteiger charge is 2.12. The number of aryl methyl sites for hydroxylation is 2. The second kappa shape index (κ2) is 6.91. The lowest BCUT2D eigenvalue weighted by Gasteiger charge is -2.18. The number of benzene rings is 2. The van der Waals surface area contributed by atoms with Crippen molar-refractivity contribution in [1.82, 2.24) is 5.32 Å². The van der Waals surface area contributed by atoms with Crippen molar-refractivity contribution in [3.8, 4) is 0 Å². The molecule has 1 aliphatic heterocycles. The Morgan fingerprint density at radius 1 is 1.05 bits per heavy atom. The minimum absolute atomic E-state index is 0.798. The van der Waals surface area contributed by atoms with Crippen LogP contribution >= 0.6 is 23.4 Å². The van der Waals surface area contributed by atoms with Gasteiger partial charge in [-0.25, -0.2) is 0 Å². The van der Waals surface area contributed by atoms with Crippen LogP contribution in [0.25, 0.3) is 5.57 Å². The molecule has 1 heterocycles. The average molecular weight is 330 g/mol. The van der Waals surface area contributed by atoms with Gasteiger partial charge < -0.3 is 5.32 Å². The largest absolute Gasteiger partial charge is 0.313 e. The van der Waals surface area contributed by atoms with Gasteiger partial charge in [0, 0.05) is 21.4 Å². The maximum atomic E-state index is 6.07. The lowest BCUT2D eigenvalue weighted by Crippen LogP contribution is -2.20. The summed E-state index contributed by atoms with van der Waals surface area (Å²) in [5.74, 6) is 0. The number of rotatable bonds is 3. The summed E-state index contributed by atoms with van der Waals surface area (Å²) in [6.07, 6.45) is 3.41. The van der Waals surface area contributed by atoms with Crippen LogP contribution in [-0.2, 0) is 0 Å². The first-order chi connectivity index (χ1) is 10.6. The highest BCUT2D eigenvalue weighted by molar-refractivity contribution is 7.99. The fourth-order valence-corrected chi connectivity index (χ4v) is 3.95. The molecule has 0 amide bonds. The molecule has 2 aromatic rings. The Morgan fingerprint density at radius 2 is 1.86 bits per heavy atom. The van der Waals surface area contributed by atoms with E-state index in [4.69, 9.17) is 11.6 Å². The summed E-state index contributed by atoms with van der Waals surface area (Å²) in [6.45, 7) is 6.30. The lowest BCUT2D eigenvalue weighted by molar-refractivity contribution is 0.737. The quantitative estimate of drug-likeness (QED) is 0.799. The summed E-state index contributed by atoms with van der Waals surface area (Å²) >= 11 is 7.90. The standard InChI is InChI=1S/C19H20ClNS/c1-13-3-5-19(17(11-13)15-7-9-21-10-8-15)22-18-6-4-16(20)12-14(18)2/h3-7,11-12,21H,8-10H2,1-2H3. The highest BCUT2D eigenvalue weighted by Crippen LogP contribution is 2.37. The molecule has 0 saturated carbocycles. The smallest absolute Gasteiger partial charge is 0.0409 e. The highest BCUT2D eigenvalue weighted by atomic mass is 35.5. The zero-order chi connectivity index (χ0) is 15.5. The Hall–Kier alpha value is -1.22. The monoisotopic (exact) mass is 329 g/mol. The molecule has 0 aromatic heterocycles. The fraction of sp³-hybridized carbons (Fsp3) is 0.263. The maximum Gasteiger partial charge on any atom is 0.0409 e. The minimum atomic E-state index is 0.798. The normalized spacial score (nSPS) is 14.8. The molecule has 1 nitrogen and oxygen atoms in total. The summed E-state index contributed by atoms with van der Waals surface area (Å²) in [6, 6.07) is 12.9. The van der Waals surface area contributed by atoms with E-state index in [0.29, 0.717) is 0 Å². The van der Waals surface area contributed by atoms with Gasteiger partial charge in [0.15, 0.2) is 0 Å². The van der Waals surface area contributed by atoms with Crippen LogP contribution < -0.4 is 5.32 Å². The van der Waals surface area contributed by atoms with Gasteiger partial charge in [-0.2, -0.15) is 0 Å². The molecule has 0 spiro atoms. The van der Waals surface area contributed by atoms with E-state index in [0.717, 1.165) is 24.5 Å². The first-order valence-corrected chi connectivity index (χ1v) is 8.78. The zero-order valence-corrected chi connectivity index (χ0v) is 14.5. The number of hydrogen-bond acceptors (Lipinski definition) is 2. The van der Waals surface area contributed by atoms with Crippen LogP contribution in [0.2, 0.25) is 5.02 Å². The molecule has 0 unspecified atom stereocenters. The Labute approximate surface area is 141 Å². The molecule has 114 valence electrons. The van der Waals surface area contributed by atoms with Crippen LogP contribution in [0.15, 0.2) is 52.3 Å². The van der Waals surface area contributed by atoms with Gasteiger partial charge in [-0.05, 0) is 67.8 Å². The van der Waals surface area contributed by atoms with Crippen molar-refractivity contribution in [2.75, 3.05) is 13.1 Å². The Morgan fingerprint density at radius 3 is 2.59 bits per heavy atom. The Balaban J connectivity index is 1.98. The second-order valence-corrected chi connectivity index (χ2v) is 7.22. The fourth-order valence-electron chi connectivity index (χ4n) is 2.70. The molecular weight excluding hydrogens is 310 g/mol. The van der Waals surface area contributed by atoms with Crippen LogP contribution in [-0.4, -0.2) is 13.1 Å². The molecule has 0 atom stereocenters. The molecule has 0 radical (unpaired) electrons. The van der Waals surface area contributed by atoms with E-state index in [1.807, 2.05) is 23.9 Å². The van der Waals surface area contributed by atoms with Gasteiger partial charge in [-0.3, -0.25) is 0 Å². The van der Waals surface area contributed by atoms with E-state index >= 15 is 0 Å². The van der Waals surface area contributed by atoms with Crippen molar-refractivity contribution in [3.05, 3.63) is 64.2 Å². The summed E-state index contributed by atoms with van der Waals surface area (Å²) in [5.41, 5.74) is 5.37. The van der Waals surface area contributed by atoms with E-state index in [9.17, 15) is 0 Å². The number of hydrogen-bond donors (Lipinski definition) is 1. The van der Waals surface area contributed by atoms with Crippen molar-refractivity contribution in [3.63, 3.8) is 0 Å². The van der Waals surface area contributed by atoms with E-state index in [1.54, 1.807) is 0 Å². The lowest BCUT2D eigenvalue weighted by atomic mass is 9.99. The van der Waals surface area contributed by atoms with Crippen molar-refractivity contribution in [1.29, 1.82) is 0 Å². The average Bonchev–Trinajstić information content (AvgIpc) is 2.52. The molecule has 3 heteroatoms. The Kier molecular flexibility index (Phi) is 4.92. The Bertz CT molecular complexity index is 721. The third-order valence-corrected chi connectivity index (χ3v) is 5.39. The molecule has 3 rings (SSSR count). The summed E-state index contributed by atoms with van der Waals surface area (Å²) in [4.78, 5) is 2.59. The first-order valence-electron chi connectivity index (χ1n) is 7.58. The van der Waals surface area contributed by atoms with Crippen molar-refractivity contribution in [2.24, 2.45) is 0 Å². The predicted molar refractivity (Wildman–Crippen MR) is 97.0 cm³/mol. The molecule has 22 heavy (non-hydrogen) atoms. The molecular formula is C19H20ClNS. The number of nitrogens with one attached hydrogen (secondary N) is 1. The number of halogens is 1. The molecule has 0 aliphatic carbocycles. The summed E-state index contributed by atoms with van der Waals surface area (Å²) in [5, 5.41) is 4.18. The molecule has 0 saturated heterocycles. The van der Waals surface area contributed by atoms with Gasteiger partial charge in [0.05, 0.1) is 0 Å². The SMILES string of the molecule is Cc1ccc(Sc2ccc(Cl)cc2C)c(C2=CCNCC2)c1. The van der Waals surface area contributed by atoms with Gasteiger partial charge in [0.1, 0.15) is 0 Å². The van der Waals surface area contributed by atoms with E-state index in [2.05, 4.69) is 49.5 Å². The van der Waals surface area contributed by atoms with Crippen molar-refractivity contribution < 1.29 is 0 Å². The zero-order valence-electron chi connectivity index (χ0n) is 12.9. The first kappa shape index (κ1) is 15.7. The van der Waals surface area contributed by atoms with Gasteiger partial charge >= 0.3 is 0 Å². The molecule has 2 aromatic carbocycles. The van der Waals surface area contributed by atoms with E-state index < -0.39 is 0 Å². The van der Waals surface area contributed by atoms with Crippen LogP contribution in [0.4, 0.5) is 0 Å². The molecule has 1 N–H and O–H groups in total. The van der Waals surface area contributed by atoms with Crippen LogP contribution in [0.3, 0.4) is 0 Å². The van der Waals surface area contributed by atoms with E-state index in [1.165, 1.54) is 32.1 Å². The second-order valence-electron chi connectivity index (χ2n) is 5.69.